The smallest absolute Gasteiger partial charge is 0.176 e. The summed E-state index contributed by atoms with van der Waals surface area (Å²) in [6.07, 6.45) is 1.86. The number of aromatic hydroxyl groups is 1. The first-order valence-electron chi connectivity index (χ1n) is 9.45. The Morgan fingerprint density at radius 3 is 2.44 bits per heavy atom. The van der Waals surface area contributed by atoms with E-state index < -0.39 is 0 Å². The molecule has 0 amide bonds. The lowest BCUT2D eigenvalue weighted by molar-refractivity contribution is 0.0936. The summed E-state index contributed by atoms with van der Waals surface area (Å²) < 4.78 is 19.9. The van der Waals surface area contributed by atoms with E-state index in [4.69, 9.17) is 4.74 Å². The number of carbonyl (C=O) groups excluding carboxylic acids is 1. The summed E-state index contributed by atoms with van der Waals surface area (Å²) in [6.45, 7) is 4.02. The zero-order chi connectivity index (χ0) is 19.0. The van der Waals surface area contributed by atoms with Crippen molar-refractivity contribution in [1.82, 2.24) is 4.90 Å². The van der Waals surface area contributed by atoms with Crippen molar-refractivity contribution in [2.45, 2.75) is 25.9 Å². The van der Waals surface area contributed by atoms with E-state index >= 15 is 0 Å². The van der Waals surface area contributed by atoms with Gasteiger partial charge in [-0.2, -0.15) is 0 Å². The summed E-state index contributed by atoms with van der Waals surface area (Å²) in [5, 5.41) is 9.34. The molecule has 2 fully saturated rings. The van der Waals surface area contributed by atoms with Gasteiger partial charge in [0.1, 0.15) is 5.75 Å². The van der Waals surface area contributed by atoms with E-state index in [1.165, 1.54) is 18.2 Å². The number of hydrogen-bond acceptors (Lipinski definition) is 4. The quantitative estimate of drug-likeness (QED) is 0.815. The number of rotatable bonds is 5. The number of phenolic OH excluding ortho intramolecular Hbond substituents is 1. The number of likely N-dealkylation sites (tertiary alicyclic amines) is 1. The van der Waals surface area contributed by atoms with Crippen LogP contribution in [-0.4, -0.2) is 41.5 Å². The van der Waals surface area contributed by atoms with E-state index in [9.17, 15) is 14.3 Å². The van der Waals surface area contributed by atoms with Gasteiger partial charge in [-0.05, 0) is 73.6 Å². The lowest BCUT2D eigenvalue weighted by Gasteiger charge is -2.19. The van der Waals surface area contributed by atoms with Gasteiger partial charge < -0.3 is 9.84 Å². The van der Waals surface area contributed by atoms with Crippen LogP contribution in [0.3, 0.4) is 0 Å². The average Bonchev–Trinajstić information content (AvgIpc) is 3.15. The standard InChI is InChI=1S/C22H24FNO3/c1-14-2-7-22(20(23)8-14)27-19-9-16-11-24(12-17(16)10-19)13-21(26)15-3-5-18(25)6-4-15/h2-8,16-17,19,25H,9-13H2,1H3/t16-,17+,19-. The molecule has 1 heterocycles. The van der Waals surface area contributed by atoms with Crippen LogP contribution < -0.4 is 4.74 Å². The Kier molecular flexibility index (Phi) is 4.87. The molecule has 0 aromatic heterocycles. The van der Waals surface area contributed by atoms with Gasteiger partial charge >= 0.3 is 0 Å². The lowest BCUT2D eigenvalue weighted by Crippen LogP contribution is -2.30. The Balaban J connectivity index is 1.30. The van der Waals surface area contributed by atoms with E-state index in [0.717, 1.165) is 31.5 Å². The molecule has 1 aliphatic heterocycles. The van der Waals surface area contributed by atoms with Crippen molar-refractivity contribution in [2.75, 3.05) is 19.6 Å². The maximum Gasteiger partial charge on any atom is 0.176 e. The van der Waals surface area contributed by atoms with Crippen LogP contribution in [-0.2, 0) is 0 Å². The Morgan fingerprint density at radius 2 is 1.81 bits per heavy atom. The third-order valence-corrected chi connectivity index (χ3v) is 5.72. The molecule has 142 valence electrons. The van der Waals surface area contributed by atoms with Crippen molar-refractivity contribution in [2.24, 2.45) is 11.8 Å². The average molecular weight is 369 g/mol. The van der Waals surface area contributed by atoms with Gasteiger partial charge in [-0.1, -0.05) is 6.07 Å². The van der Waals surface area contributed by atoms with Crippen molar-refractivity contribution in [3.05, 3.63) is 59.4 Å². The lowest BCUT2D eigenvalue weighted by atomic mass is 10.0. The summed E-state index contributed by atoms with van der Waals surface area (Å²) in [5.74, 6) is 1.27. The largest absolute Gasteiger partial charge is 0.508 e. The van der Waals surface area contributed by atoms with Crippen LogP contribution in [0.15, 0.2) is 42.5 Å². The number of fused-ring (bicyclic) bond motifs is 1. The van der Waals surface area contributed by atoms with Gasteiger partial charge in [-0.25, -0.2) is 4.39 Å². The predicted molar refractivity (Wildman–Crippen MR) is 101 cm³/mol. The van der Waals surface area contributed by atoms with Gasteiger partial charge in [-0.3, -0.25) is 9.69 Å². The molecule has 0 unspecified atom stereocenters. The molecule has 27 heavy (non-hydrogen) atoms. The number of ketones is 1. The number of benzene rings is 2. The van der Waals surface area contributed by atoms with Gasteiger partial charge in [-0.15, -0.1) is 0 Å². The highest BCUT2D eigenvalue weighted by Crippen LogP contribution is 2.40. The van der Waals surface area contributed by atoms with Crippen molar-refractivity contribution in [3.63, 3.8) is 0 Å². The van der Waals surface area contributed by atoms with E-state index in [1.807, 2.05) is 13.0 Å². The summed E-state index contributed by atoms with van der Waals surface area (Å²) >= 11 is 0. The minimum absolute atomic E-state index is 0.0483. The minimum Gasteiger partial charge on any atom is -0.508 e. The Bertz CT molecular complexity index is 822. The van der Waals surface area contributed by atoms with E-state index in [0.29, 0.717) is 29.7 Å². The molecule has 4 rings (SSSR count). The molecule has 1 saturated carbocycles. The second-order valence-corrected chi connectivity index (χ2v) is 7.83. The number of aryl methyl sites for hydroxylation is 1. The molecule has 0 radical (unpaired) electrons. The third kappa shape index (κ3) is 3.98. The van der Waals surface area contributed by atoms with Crippen LogP contribution in [0, 0.1) is 24.6 Å². The third-order valence-electron chi connectivity index (χ3n) is 5.72. The highest BCUT2D eigenvalue weighted by molar-refractivity contribution is 5.97. The molecule has 2 aromatic rings. The molecule has 4 nitrogen and oxygen atoms in total. The highest BCUT2D eigenvalue weighted by atomic mass is 19.1. The second-order valence-electron chi connectivity index (χ2n) is 7.83. The molecular weight excluding hydrogens is 345 g/mol. The minimum atomic E-state index is -0.298. The summed E-state index contributed by atoms with van der Waals surface area (Å²) in [7, 11) is 0. The molecule has 3 atom stereocenters. The maximum absolute atomic E-state index is 14.0. The van der Waals surface area contributed by atoms with Crippen LogP contribution in [0.25, 0.3) is 0 Å². The van der Waals surface area contributed by atoms with Crippen LogP contribution >= 0.6 is 0 Å². The van der Waals surface area contributed by atoms with Crippen molar-refractivity contribution >= 4 is 5.78 Å². The summed E-state index contributed by atoms with van der Waals surface area (Å²) in [4.78, 5) is 14.6. The topological polar surface area (TPSA) is 49.8 Å². The Morgan fingerprint density at radius 1 is 1.15 bits per heavy atom. The first kappa shape index (κ1) is 18.0. The monoisotopic (exact) mass is 369 g/mol. The molecule has 0 spiro atoms. The van der Waals surface area contributed by atoms with Crippen LogP contribution in [0.2, 0.25) is 0 Å². The molecule has 5 heteroatoms. The molecule has 2 aliphatic rings. The van der Waals surface area contributed by atoms with Gasteiger partial charge in [0.15, 0.2) is 17.3 Å². The number of carbonyl (C=O) groups is 1. The highest BCUT2D eigenvalue weighted by Gasteiger charge is 2.42. The Hall–Kier alpha value is -2.40. The van der Waals surface area contributed by atoms with Crippen molar-refractivity contribution in [3.8, 4) is 11.5 Å². The maximum atomic E-state index is 14.0. The molecule has 2 aromatic carbocycles. The fourth-order valence-electron chi connectivity index (χ4n) is 4.39. The van der Waals surface area contributed by atoms with Crippen LogP contribution in [0.4, 0.5) is 4.39 Å². The van der Waals surface area contributed by atoms with Crippen molar-refractivity contribution < 1.29 is 19.0 Å². The first-order valence-corrected chi connectivity index (χ1v) is 9.45. The molecule has 0 bridgehead atoms. The van der Waals surface area contributed by atoms with Crippen LogP contribution in [0.1, 0.15) is 28.8 Å². The van der Waals surface area contributed by atoms with Gasteiger partial charge in [0, 0.05) is 18.7 Å². The molecule has 1 N–H and O–H groups in total. The van der Waals surface area contributed by atoms with Crippen molar-refractivity contribution in [1.29, 1.82) is 0 Å². The van der Waals surface area contributed by atoms with E-state index in [1.54, 1.807) is 18.2 Å². The second kappa shape index (κ2) is 7.31. The normalized spacial score (nSPS) is 24.7. The molecule has 1 saturated heterocycles. The zero-order valence-electron chi connectivity index (χ0n) is 15.4. The number of halogens is 1. The number of hydrogen-bond donors (Lipinski definition) is 1. The van der Waals surface area contributed by atoms with E-state index in [-0.39, 0.29) is 23.5 Å². The van der Waals surface area contributed by atoms with E-state index in [2.05, 4.69) is 4.90 Å². The number of phenols is 1. The Labute approximate surface area is 158 Å². The summed E-state index contributed by atoms with van der Waals surface area (Å²) in [5.41, 5.74) is 1.51. The number of ether oxygens (including phenoxy) is 1. The van der Waals surface area contributed by atoms with Crippen LogP contribution in [0.5, 0.6) is 11.5 Å². The summed E-state index contributed by atoms with van der Waals surface area (Å²) in [6, 6.07) is 11.5. The van der Waals surface area contributed by atoms with Gasteiger partial charge in [0.25, 0.3) is 0 Å². The fraction of sp³-hybridized carbons (Fsp3) is 0.409. The SMILES string of the molecule is Cc1ccc(O[C@@H]2C[C@@H]3CN(CC(=O)c4ccc(O)cc4)C[C@@H]3C2)c(F)c1. The number of nitrogens with zero attached hydrogens (tertiary/aromatic N) is 1. The predicted octanol–water partition coefficient (Wildman–Crippen LogP) is 3.81. The first-order chi connectivity index (χ1) is 13.0. The van der Waals surface area contributed by atoms with Gasteiger partial charge in [0.05, 0.1) is 12.6 Å². The number of Topliss-reactive ketones (excluding diaryl/α,β-unsaturated/α-hetero) is 1. The molecular formula is C22H24FNO3. The fourth-order valence-corrected chi connectivity index (χ4v) is 4.39. The molecule has 1 aliphatic carbocycles. The van der Waals surface area contributed by atoms with Gasteiger partial charge in [0.2, 0.25) is 0 Å². The zero-order valence-corrected chi connectivity index (χ0v) is 15.4.